The first-order valence-electron chi connectivity index (χ1n) is 6.86. The van der Waals surface area contributed by atoms with Crippen LogP contribution in [0.25, 0.3) is 11.8 Å². The van der Waals surface area contributed by atoms with Gasteiger partial charge in [0.1, 0.15) is 12.3 Å². The van der Waals surface area contributed by atoms with Gasteiger partial charge in [0.2, 0.25) is 5.28 Å². The van der Waals surface area contributed by atoms with Crippen LogP contribution in [-0.2, 0) is 16.1 Å². The number of para-hydroxylation sites is 1. The number of rotatable bonds is 5. The number of carbonyl (C=O) groups excluding carboxylic acids is 1. The number of hydrogen-bond acceptors (Lipinski definition) is 5. The zero-order chi connectivity index (χ0) is 16.9. The van der Waals surface area contributed by atoms with Gasteiger partial charge in [0.25, 0.3) is 0 Å². The number of benzene rings is 1. The molecule has 0 amide bonds. The summed E-state index contributed by atoms with van der Waals surface area (Å²) in [6.07, 6.45) is 2.90. The van der Waals surface area contributed by atoms with E-state index in [0.717, 1.165) is 5.69 Å². The maximum atomic E-state index is 11.8. The summed E-state index contributed by atoms with van der Waals surface area (Å²) in [7, 11) is 0. The molecule has 0 radical (unpaired) electrons. The first-order valence-corrected chi connectivity index (χ1v) is 8.56. The molecule has 2 aromatic heterocycles. The monoisotopic (exact) mass is 379 g/mol. The third kappa shape index (κ3) is 3.84. The van der Waals surface area contributed by atoms with Crippen molar-refractivity contribution in [3.05, 3.63) is 69.1 Å². The largest absolute Gasteiger partial charge is 0.456 e. The number of nitrogens with zero attached hydrogens (tertiary/aromatic N) is 3. The highest BCUT2D eigenvalue weighted by atomic mass is 35.5. The van der Waals surface area contributed by atoms with Crippen molar-refractivity contribution in [2.24, 2.45) is 0 Å². The lowest BCUT2D eigenvalue weighted by Gasteiger charge is -2.09. The van der Waals surface area contributed by atoms with Gasteiger partial charge in [0.15, 0.2) is 5.15 Å². The van der Waals surface area contributed by atoms with E-state index in [1.54, 1.807) is 16.2 Å². The van der Waals surface area contributed by atoms with Crippen LogP contribution in [-0.4, -0.2) is 20.5 Å². The summed E-state index contributed by atoms with van der Waals surface area (Å²) in [5, 5.41) is 2.22. The average molecular weight is 380 g/mol. The number of aromatic nitrogens is 3. The van der Waals surface area contributed by atoms with E-state index >= 15 is 0 Å². The van der Waals surface area contributed by atoms with E-state index in [1.165, 1.54) is 17.4 Å². The standard InChI is InChI=1S/C16H11Cl2N3O2S/c17-15-13(8-23-14(22)7-6-11-9-24-10-19-11)21(16(18)20-15)12-4-2-1-3-5-12/h1-7,9-10H,8H2. The van der Waals surface area contributed by atoms with E-state index in [1.807, 2.05) is 35.7 Å². The normalized spacial score (nSPS) is 11.1. The molecule has 0 aliphatic rings. The van der Waals surface area contributed by atoms with Crippen molar-refractivity contribution >= 4 is 46.6 Å². The number of thiazole rings is 1. The maximum Gasteiger partial charge on any atom is 0.331 e. The van der Waals surface area contributed by atoms with Crippen LogP contribution in [0.2, 0.25) is 10.4 Å². The fraction of sp³-hybridized carbons (Fsp3) is 0.0625. The molecule has 0 atom stereocenters. The summed E-state index contributed by atoms with van der Waals surface area (Å²) < 4.78 is 6.87. The summed E-state index contributed by atoms with van der Waals surface area (Å²) >= 11 is 13.7. The molecule has 122 valence electrons. The van der Waals surface area contributed by atoms with Crippen LogP contribution in [0.3, 0.4) is 0 Å². The quantitative estimate of drug-likeness (QED) is 0.487. The number of halogens is 2. The zero-order valence-corrected chi connectivity index (χ0v) is 14.6. The number of esters is 1. The predicted octanol–water partition coefficient (Wildman–Crippen LogP) is 4.39. The molecule has 0 fully saturated rings. The molecule has 0 saturated heterocycles. The summed E-state index contributed by atoms with van der Waals surface area (Å²) in [5.74, 6) is -0.504. The molecule has 8 heteroatoms. The molecule has 0 bridgehead atoms. The lowest BCUT2D eigenvalue weighted by Crippen LogP contribution is -2.06. The lowest BCUT2D eigenvalue weighted by atomic mass is 10.3. The van der Waals surface area contributed by atoms with E-state index in [4.69, 9.17) is 27.9 Å². The van der Waals surface area contributed by atoms with Crippen LogP contribution in [0.15, 0.2) is 47.3 Å². The second-order valence-electron chi connectivity index (χ2n) is 4.64. The molecule has 0 aliphatic heterocycles. The van der Waals surface area contributed by atoms with Crippen molar-refractivity contribution < 1.29 is 9.53 Å². The van der Waals surface area contributed by atoms with E-state index in [2.05, 4.69) is 9.97 Å². The van der Waals surface area contributed by atoms with Crippen LogP contribution in [0.1, 0.15) is 11.4 Å². The van der Waals surface area contributed by atoms with Gasteiger partial charge < -0.3 is 4.74 Å². The molecule has 5 nitrogen and oxygen atoms in total. The van der Waals surface area contributed by atoms with Crippen LogP contribution in [0.5, 0.6) is 0 Å². The number of ether oxygens (including phenoxy) is 1. The Morgan fingerprint density at radius 1 is 1.29 bits per heavy atom. The molecular formula is C16H11Cl2N3O2S. The number of hydrogen-bond donors (Lipinski definition) is 0. The van der Waals surface area contributed by atoms with Crippen molar-refractivity contribution in [2.75, 3.05) is 0 Å². The molecule has 2 heterocycles. The van der Waals surface area contributed by atoms with Crippen LogP contribution in [0, 0.1) is 0 Å². The van der Waals surface area contributed by atoms with Gasteiger partial charge in [-0.3, -0.25) is 4.57 Å². The van der Waals surface area contributed by atoms with Gasteiger partial charge >= 0.3 is 5.97 Å². The van der Waals surface area contributed by atoms with E-state index in [-0.39, 0.29) is 17.0 Å². The van der Waals surface area contributed by atoms with Gasteiger partial charge in [-0.1, -0.05) is 29.8 Å². The molecule has 0 saturated carbocycles. The minimum absolute atomic E-state index is 0.0479. The highest BCUT2D eigenvalue weighted by Gasteiger charge is 2.17. The predicted molar refractivity (Wildman–Crippen MR) is 94.5 cm³/mol. The van der Waals surface area contributed by atoms with Crippen LogP contribution >= 0.6 is 34.5 Å². The SMILES string of the molecule is O=C(C=Cc1cscn1)OCc1c(Cl)nc(Cl)n1-c1ccccc1. The second-order valence-corrected chi connectivity index (χ2v) is 6.06. The number of imidazole rings is 1. The minimum atomic E-state index is -0.504. The fourth-order valence-corrected chi connectivity index (χ4v) is 3.08. The van der Waals surface area contributed by atoms with Gasteiger partial charge in [-0.05, 0) is 29.8 Å². The van der Waals surface area contributed by atoms with Gasteiger partial charge in [-0.15, -0.1) is 11.3 Å². The van der Waals surface area contributed by atoms with Crippen LogP contribution in [0.4, 0.5) is 0 Å². The smallest absolute Gasteiger partial charge is 0.331 e. The molecule has 24 heavy (non-hydrogen) atoms. The molecule has 3 aromatic rings. The summed E-state index contributed by atoms with van der Waals surface area (Å²) in [4.78, 5) is 19.9. The topological polar surface area (TPSA) is 57.0 Å². The first kappa shape index (κ1) is 16.7. The highest BCUT2D eigenvalue weighted by Crippen LogP contribution is 2.26. The van der Waals surface area contributed by atoms with Crippen molar-refractivity contribution in [1.29, 1.82) is 0 Å². The lowest BCUT2D eigenvalue weighted by molar-refractivity contribution is -0.139. The summed E-state index contributed by atoms with van der Waals surface area (Å²) in [6, 6.07) is 9.34. The van der Waals surface area contributed by atoms with Crippen LogP contribution < -0.4 is 0 Å². The van der Waals surface area contributed by atoms with E-state index in [9.17, 15) is 4.79 Å². The van der Waals surface area contributed by atoms with Gasteiger partial charge in [-0.2, -0.15) is 0 Å². The van der Waals surface area contributed by atoms with Gasteiger partial charge in [0, 0.05) is 17.1 Å². The third-order valence-corrected chi connectivity index (χ3v) is 4.25. The Morgan fingerprint density at radius 3 is 2.79 bits per heavy atom. The summed E-state index contributed by atoms with van der Waals surface area (Å²) in [5.41, 5.74) is 3.67. The minimum Gasteiger partial charge on any atom is -0.456 e. The first-order chi connectivity index (χ1) is 11.6. The second kappa shape index (κ2) is 7.61. The molecule has 3 rings (SSSR count). The van der Waals surface area contributed by atoms with Gasteiger partial charge in [0.05, 0.1) is 11.2 Å². The van der Waals surface area contributed by atoms with Crippen molar-refractivity contribution in [3.8, 4) is 5.69 Å². The molecule has 0 spiro atoms. The molecule has 0 unspecified atom stereocenters. The maximum absolute atomic E-state index is 11.8. The Labute approximate surface area is 152 Å². The third-order valence-electron chi connectivity index (χ3n) is 3.09. The Hall–Kier alpha value is -2.15. The summed E-state index contributed by atoms with van der Waals surface area (Å²) in [6.45, 7) is -0.0479. The van der Waals surface area contributed by atoms with E-state index in [0.29, 0.717) is 11.4 Å². The molecule has 0 aliphatic carbocycles. The zero-order valence-electron chi connectivity index (χ0n) is 12.2. The molecule has 1 aromatic carbocycles. The van der Waals surface area contributed by atoms with Crippen molar-refractivity contribution in [2.45, 2.75) is 6.61 Å². The number of carbonyl (C=O) groups is 1. The Bertz CT molecular complexity index is 861. The Balaban J connectivity index is 1.75. The molecular weight excluding hydrogens is 369 g/mol. The highest BCUT2D eigenvalue weighted by molar-refractivity contribution is 7.07. The Morgan fingerprint density at radius 2 is 2.08 bits per heavy atom. The van der Waals surface area contributed by atoms with Crippen molar-refractivity contribution in [3.63, 3.8) is 0 Å². The van der Waals surface area contributed by atoms with Gasteiger partial charge in [-0.25, -0.2) is 14.8 Å². The van der Waals surface area contributed by atoms with E-state index < -0.39 is 5.97 Å². The average Bonchev–Trinajstić information content (AvgIpc) is 3.19. The molecule has 0 N–H and O–H groups in total. The Kier molecular flexibility index (Phi) is 5.30. The van der Waals surface area contributed by atoms with Crippen molar-refractivity contribution in [1.82, 2.24) is 14.5 Å². The fourth-order valence-electron chi connectivity index (χ4n) is 2.01.